The number of phosphoric acid groups is 3. The summed E-state index contributed by atoms with van der Waals surface area (Å²) in [5.41, 5.74) is 6.94. The second kappa shape index (κ2) is 8.67. The van der Waals surface area contributed by atoms with E-state index in [4.69, 9.17) is 15.5 Å². The molecule has 0 spiro atoms. The van der Waals surface area contributed by atoms with E-state index in [-0.39, 0.29) is 5.82 Å². The molecule has 0 aliphatic heterocycles. The average Bonchev–Trinajstić information content (AvgIpc) is 3.00. The van der Waals surface area contributed by atoms with E-state index in [0.717, 1.165) is 0 Å². The molecule has 3 unspecified atom stereocenters. The van der Waals surface area contributed by atoms with Crippen molar-refractivity contribution < 1.29 is 51.5 Å². The number of rotatable bonds is 9. The smallest absolute Gasteiger partial charge is 0.393 e. The van der Waals surface area contributed by atoms with Crippen LogP contribution in [0.3, 0.4) is 0 Å². The van der Waals surface area contributed by atoms with Crippen LogP contribution in [0.2, 0.25) is 0 Å². The van der Waals surface area contributed by atoms with E-state index in [1.807, 2.05) is 0 Å². The van der Waals surface area contributed by atoms with Crippen molar-refractivity contribution in [3.8, 4) is 0 Å². The maximum atomic E-state index is 12.0. The molecule has 0 amide bonds. The van der Waals surface area contributed by atoms with E-state index in [0.29, 0.717) is 16.7 Å². The fraction of sp³-hybridized carbons (Fsp3) is 0.462. The van der Waals surface area contributed by atoms with Crippen molar-refractivity contribution in [2.24, 2.45) is 11.8 Å². The van der Waals surface area contributed by atoms with Crippen LogP contribution in [0.1, 0.15) is 13.0 Å². The lowest BCUT2D eigenvalue weighted by atomic mass is 9.63. The lowest BCUT2D eigenvalue weighted by Gasteiger charge is -2.49. The van der Waals surface area contributed by atoms with Crippen molar-refractivity contribution in [3.63, 3.8) is 0 Å². The number of aliphatic hydroxyl groups is 1. The van der Waals surface area contributed by atoms with Gasteiger partial charge in [0.25, 0.3) is 0 Å². The van der Waals surface area contributed by atoms with Crippen LogP contribution in [0.25, 0.3) is 11.2 Å². The van der Waals surface area contributed by atoms with E-state index < -0.39 is 54.1 Å². The third-order valence-corrected chi connectivity index (χ3v) is 8.56. The summed E-state index contributed by atoms with van der Waals surface area (Å²) in [6.07, 6.45) is 1.71. The quantitative estimate of drug-likeness (QED) is 0.196. The first-order chi connectivity index (χ1) is 14.6. The molecule has 16 nitrogen and oxygen atoms in total. The molecular weight excluding hydrogens is 495 g/mol. The molecule has 1 aliphatic rings. The maximum Gasteiger partial charge on any atom is 0.490 e. The molecule has 0 bridgehead atoms. The summed E-state index contributed by atoms with van der Waals surface area (Å²) in [4.78, 5) is 48.1. The molecule has 1 aliphatic carbocycles. The highest BCUT2D eigenvalue weighted by Gasteiger charge is 2.50. The van der Waals surface area contributed by atoms with Crippen molar-refractivity contribution in [1.29, 1.82) is 0 Å². The Morgan fingerprint density at radius 3 is 2.41 bits per heavy atom. The van der Waals surface area contributed by atoms with E-state index in [9.17, 15) is 28.6 Å². The Morgan fingerprint density at radius 1 is 1.16 bits per heavy atom. The maximum absolute atomic E-state index is 12.0. The molecule has 2 heterocycles. The van der Waals surface area contributed by atoms with Crippen LogP contribution in [0.4, 0.5) is 5.82 Å². The average molecular weight is 515 g/mol. The SMILES string of the molecule is C=C1[C@@H](n2cnc3c(N)ncnc32)[C@H](C(C)O)[C@H]1COP(=O)(O)OP(=O)(O)OP(=O)(O)O. The van der Waals surface area contributed by atoms with Crippen molar-refractivity contribution in [2.45, 2.75) is 19.1 Å². The first-order valence-electron chi connectivity index (χ1n) is 8.70. The molecule has 3 rings (SSSR count). The van der Waals surface area contributed by atoms with Crippen molar-refractivity contribution in [3.05, 3.63) is 24.8 Å². The van der Waals surface area contributed by atoms with Gasteiger partial charge >= 0.3 is 23.5 Å². The lowest BCUT2D eigenvalue weighted by molar-refractivity contribution is 0.00190. The van der Waals surface area contributed by atoms with Gasteiger partial charge in [0, 0.05) is 11.8 Å². The van der Waals surface area contributed by atoms with Gasteiger partial charge in [-0.3, -0.25) is 4.52 Å². The van der Waals surface area contributed by atoms with Crippen molar-refractivity contribution in [2.75, 3.05) is 12.3 Å². The Bertz CT molecular complexity index is 1180. The van der Waals surface area contributed by atoms with Gasteiger partial charge < -0.3 is 35.0 Å². The summed E-state index contributed by atoms with van der Waals surface area (Å²) in [5, 5.41) is 10.3. The third kappa shape index (κ3) is 5.33. The Balaban J connectivity index is 1.75. The number of nitrogen functional groups attached to an aromatic ring is 1. The van der Waals surface area contributed by atoms with Gasteiger partial charge in [-0.15, -0.1) is 0 Å². The van der Waals surface area contributed by atoms with Gasteiger partial charge in [-0.25, -0.2) is 28.6 Å². The molecule has 19 heteroatoms. The number of phosphoric ester groups is 1. The summed E-state index contributed by atoms with van der Waals surface area (Å²) >= 11 is 0. The molecule has 1 fully saturated rings. The molecule has 178 valence electrons. The summed E-state index contributed by atoms with van der Waals surface area (Å²) in [5.74, 6) is -1.17. The van der Waals surface area contributed by atoms with Gasteiger partial charge in [-0.1, -0.05) is 6.58 Å². The van der Waals surface area contributed by atoms with Gasteiger partial charge in [-0.05, 0) is 12.5 Å². The Kier molecular flexibility index (Phi) is 6.80. The summed E-state index contributed by atoms with van der Waals surface area (Å²) in [6, 6.07) is -0.538. The zero-order chi connectivity index (χ0) is 24.1. The zero-order valence-electron chi connectivity index (χ0n) is 16.3. The first kappa shape index (κ1) is 25.1. The van der Waals surface area contributed by atoms with Crippen LogP contribution >= 0.6 is 23.5 Å². The fourth-order valence-electron chi connectivity index (χ4n) is 3.55. The number of nitrogens with two attached hydrogens (primary N) is 1. The van der Waals surface area contributed by atoms with E-state index >= 15 is 0 Å². The number of fused-ring (bicyclic) bond motifs is 1. The summed E-state index contributed by atoms with van der Waals surface area (Å²) in [7, 11) is -16.4. The largest absolute Gasteiger partial charge is 0.490 e. The summed E-state index contributed by atoms with van der Waals surface area (Å²) in [6.45, 7) is 4.80. The number of aliphatic hydroxyl groups excluding tert-OH is 1. The number of anilines is 1. The van der Waals surface area contributed by atoms with Crippen LogP contribution in [-0.2, 0) is 26.8 Å². The highest BCUT2D eigenvalue weighted by Crippen LogP contribution is 2.66. The Hall–Kier alpha value is -1.54. The number of aromatic nitrogens is 4. The van der Waals surface area contributed by atoms with Crippen LogP contribution < -0.4 is 5.73 Å². The third-order valence-electron chi connectivity index (χ3n) is 4.76. The van der Waals surface area contributed by atoms with Crippen molar-refractivity contribution in [1.82, 2.24) is 19.5 Å². The monoisotopic (exact) mass is 515 g/mol. The standard InChI is InChI=1S/C13H20N5O11P3/c1-6-8(3-27-31(23,24)29-32(25,26)28-30(20,21)22)9(7(2)19)11(6)18-5-17-10-12(14)15-4-16-13(10)18/h4-5,7-9,11,19H,1,3H2,2H3,(H,23,24)(H,25,26)(H2,14,15,16)(H2,20,21,22)/t7?,8-,9+,11+/m0/s1. The van der Waals surface area contributed by atoms with Gasteiger partial charge in [-0.2, -0.15) is 8.62 Å². The predicted octanol–water partition coefficient (Wildman–Crippen LogP) is 0.476. The van der Waals surface area contributed by atoms with Gasteiger partial charge in [0.15, 0.2) is 11.5 Å². The Labute approximate surface area is 180 Å². The second-order valence-corrected chi connectivity index (χ2v) is 11.3. The van der Waals surface area contributed by atoms with Crippen LogP contribution in [-0.4, -0.2) is 56.9 Å². The van der Waals surface area contributed by atoms with Crippen molar-refractivity contribution >= 4 is 40.4 Å². The fourth-order valence-corrected chi connectivity index (χ4v) is 6.59. The molecule has 0 radical (unpaired) electrons. The van der Waals surface area contributed by atoms with Gasteiger partial charge in [0.05, 0.1) is 25.1 Å². The number of hydrogen-bond donors (Lipinski definition) is 6. The highest BCUT2D eigenvalue weighted by molar-refractivity contribution is 7.66. The van der Waals surface area contributed by atoms with E-state index in [2.05, 4.69) is 34.7 Å². The first-order valence-corrected chi connectivity index (χ1v) is 13.2. The Morgan fingerprint density at radius 2 is 1.81 bits per heavy atom. The molecule has 1 saturated carbocycles. The van der Waals surface area contributed by atoms with Crippen LogP contribution in [0.5, 0.6) is 0 Å². The van der Waals surface area contributed by atoms with Crippen LogP contribution in [0.15, 0.2) is 24.8 Å². The molecule has 0 aromatic carbocycles. The highest BCUT2D eigenvalue weighted by atomic mass is 31.3. The minimum atomic E-state index is -5.63. The zero-order valence-corrected chi connectivity index (χ0v) is 19.0. The lowest BCUT2D eigenvalue weighted by Crippen LogP contribution is -2.48. The molecule has 2 aromatic heterocycles. The summed E-state index contributed by atoms with van der Waals surface area (Å²) < 4.78 is 47.7. The normalized spacial score (nSPS) is 26.3. The molecular formula is C13H20N5O11P3. The molecule has 6 atom stereocenters. The minimum absolute atomic E-state index is 0.150. The topological polar surface area (TPSA) is 250 Å². The molecule has 7 N–H and O–H groups in total. The molecule has 32 heavy (non-hydrogen) atoms. The number of nitrogens with zero attached hydrogens (tertiary/aromatic N) is 4. The van der Waals surface area contributed by atoms with E-state index in [1.54, 1.807) is 4.57 Å². The predicted molar refractivity (Wildman–Crippen MR) is 106 cm³/mol. The van der Waals surface area contributed by atoms with E-state index in [1.165, 1.54) is 19.6 Å². The van der Waals surface area contributed by atoms with Crippen LogP contribution in [0, 0.1) is 11.8 Å². The van der Waals surface area contributed by atoms with Gasteiger partial charge in [0.2, 0.25) is 0 Å². The van der Waals surface area contributed by atoms with Gasteiger partial charge in [0.1, 0.15) is 11.8 Å². The minimum Gasteiger partial charge on any atom is -0.393 e. The molecule has 0 saturated heterocycles. The number of imidazole rings is 1. The molecule has 2 aromatic rings. The number of hydrogen-bond acceptors (Lipinski definition) is 11. The second-order valence-electron chi connectivity index (χ2n) is 6.91.